The van der Waals surface area contributed by atoms with E-state index in [2.05, 4.69) is 11.9 Å². The van der Waals surface area contributed by atoms with Gasteiger partial charge in [0.05, 0.1) is 5.41 Å². The van der Waals surface area contributed by atoms with Crippen LogP contribution in [-0.4, -0.2) is 29.8 Å². The molecule has 0 aromatic heterocycles. The molecule has 0 spiro atoms. The molecule has 1 fully saturated rings. The Bertz CT molecular complexity index is 404. The van der Waals surface area contributed by atoms with Gasteiger partial charge in [-0.15, -0.1) is 6.58 Å². The Kier molecular flexibility index (Phi) is 5.09. The molecule has 0 radical (unpaired) electrons. The highest BCUT2D eigenvalue weighted by molar-refractivity contribution is 6.13. The molecule has 0 atom stereocenters. The number of carbonyl (C=O) groups is 3. The predicted octanol–water partition coefficient (Wildman–Crippen LogP) is 2.40. The van der Waals surface area contributed by atoms with Crippen molar-refractivity contribution in [2.75, 3.05) is 6.54 Å². The maximum Gasteiger partial charge on any atom is 0.407 e. The normalized spacial score (nSPS) is 17.9. The van der Waals surface area contributed by atoms with E-state index in [1.54, 1.807) is 26.8 Å². The van der Waals surface area contributed by atoms with E-state index in [-0.39, 0.29) is 18.1 Å². The molecular weight excluding hydrogens is 258 g/mol. The van der Waals surface area contributed by atoms with Gasteiger partial charge in [-0.2, -0.15) is 0 Å². The number of hydrogen-bond acceptors (Lipinski definition) is 4. The molecule has 5 nitrogen and oxygen atoms in total. The number of ether oxygens (including phenoxy) is 1. The lowest BCUT2D eigenvalue weighted by Crippen LogP contribution is -2.39. The minimum absolute atomic E-state index is 0.0478. The van der Waals surface area contributed by atoms with Crippen LogP contribution < -0.4 is 5.32 Å². The number of rotatable bonds is 5. The maximum absolute atomic E-state index is 12.0. The Morgan fingerprint density at radius 3 is 2.35 bits per heavy atom. The summed E-state index contributed by atoms with van der Waals surface area (Å²) >= 11 is 0. The number of amides is 1. The molecule has 0 aromatic carbocycles. The van der Waals surface area contributed by atoms with Gasteiger partial charge < -0.3 is 10.1 Å². The fourth-order valence-electron chi connectivity index (χ4n) is 2.41. The largest absolute Gasteiger partial charge is 0.444 e. The molecular formula is C15H23NO4. The van der Waals surface area contributed by atoms with Gasteiger partial charge in [0, 0.05) is 19.4 Å². The molecule has 0 aromatic rings. The van der Waals surface area contributed by atoms with E-state index >= 15 is 0 Å². The van der Waals surface area contributed by atoms with Gasteiger partial charge >= 0.3 is 6.09 Å². The molecule has 112 valence electrons. The van der Waals surface area contributed by atoms with Crippen LogP contribution in [0.25, 0.3) is 0 Å². The van der Waals surface area contributed by atoms with Crippen LogP contribution in [0.15, 0.2) is 12.7 Å². The number of hydrogen-bond donors (Lipinski definition) is 1. The Balaban J connectivity index is 2.57. The summed E-state index contributed by atoms with van der Waals surface area (Å²) in [6, 6.07) is 0. The van der Waals surface area contributed by atoms with Crippen LogP contribution in [0.3, 0.4) is 0 Å². The van der Waals surface area contributed by atoms with E-state index in [9.17, 15) is 14.4 Å². The summed E-state index contributed by atoms with van der Waals surface area (Å²) in [7, 11) is 0. The Morgan fingerprint density at radius 1 is 1.35 bits per heavy atom. The smallest absolute Gasteiger partial charge is 0.407 e. The average molecular weight is 281 g/mol. The number of carbonyl (C=O) groups excluding carboxylic acids is 3. The molecule has 1 amide bonds. The standard InChI is InChI=1S/C15H23NO4/c1-5-8-15(11(17)6-7-12(15)18)9-10-16-13(19)20-14(2,3)4/h5H,1,6-10H2,2-4H3,(H,16,19). The molecule has 0 heterocycles. The van der Waals surface area contributed by atoms with E-state index in [1.807, 2.05) is 0 Å². The Labute approximate surface area is 119 Å². The van der Waals surface area contributed by atoms with Gasteiger partial charge in [0.1, 0.15) is 17.2 Å². The second-order valence-corrected chi connectivity index (χ2v) is 6.10. The van der Waals surface area contributed by atoms with Crippen molar-refractivity contribution >= 4 is 17.7 Å². The van der Waals surface area contributed by atoms with Crippen molar-refractivity contribution in [3.05, 3.63) is 12.7 Å². The number of alkyl carbamates (subject to hydrolysis) is 1. The first-order chi connectivity index (χ1) is 9.21. The van der Waals surface area contributed by atoms with Crippen LogP contribution in [0, 0.1) is 5.41 Å². The van der Waals surface area contributed by atoms with Gasteiger partial charge in [-0.1, -0.05) is 6.08 Å². The van der Waals surface area contributed by atoms with E-state index in [0.717, 1.165) is 0 Å². The number of nitrogens with one attached hydrogen (secondary N) is 1. The second-order valence-electron chi connectivity index (χ2n) is 6.10. The van der Waals surface area contributed by atoms with Gasteiger partial charge in [-0.05, 0) is 33.6 Å². The van der Waals surface area contributed by atoms with Crippen molar-refractivity contribution in [2.45, 2.75) is 52.1 Å². The molecule has 0 saturated heterocycles. The Morgan fingerprint density at radius 2 is 1.90 bits per heavy atom. The summed E-state index contributed by atoms with van der Waals surface area (Å²) in [6.07, 6.45) is 2.27. The zero-order chi connectivity index (χ0) is 15.4. The van der Waals surface area contributed by atoms with Crippen LogP contribution in [0.4, 0.5) is 4.79 Å². The van der Waals surface area contributed by atoms with Gasteiger partial charge in [0.2, 0.25) is 0 Å². The summed E-state index contributed by atoms with van der Waals surface area (Å²) in [4.78, 5) is 35.5. The van der Waals surface area contributed by atoms with Crippen molar-refractivity contribution in [1.29, 1.82) is 0 Å². The fourth-order valence-corrected chi connectivity index (χ4v) is 2.41. The number of ketones is 2. The van der Waals surface area contributed by atoms with Gasteiger partial charge in [0.15, 0.2) is 0 Å². The van der Waals surface area contributed by atoms with E-state index < -0.39 is 17.1 Å². The fraction of sp³-hybridized carbons (Fsp3) is 0.667. The molecule has 0 bridgehead atoms. The summed E-state index contributed by atoms with van der Waals surface area (Å²) in [5.74, 6) is -0.0956. The lowest BCUT2D eigenvalue weighted by molar-refractivity contribution is -0.135. The van der Waals surface area contributed by atoms with Crippen molar-refractivity contribution in [3.63, 3.8) is 0 Å². The highest BCUT2D eigenvalue weighted by atomic mass is 16.6. The monoisotopic (exact) mass is 281 g/mol. The van der Waals surface area contributed by atoms with Gasteiger partial charge in [-0.25, -0.2) is 4.79 Å². The SMILES string of the molecule is C=CCC1(CCNC(=O)OC(C)(C)C)C(=O)CCC1=O. The third-order valence-corrected chi connectivity index (χ3v) is 3.36. The molecule has 1 saturated carbocycles. The molecule has 0 unspecified atom stereocenters. The predicted molar refractivity (Wildman–Crippen MR) is 75.3 cm³/mol. The first kappa shape index (κ1) is 16.4. The minimum Gasteiger partial charge on any atom is -0.444 e. The first-order valence-electron chi connectivity index (χ1n) is 6.85. The molecule has 0 aliphatic heterocycles. The second kappa shape index (κ2) is 6.20. The van der Waals surface area contributed by atoms with E-state index in [1.165, 1.54) is 0 Å². The van der Waals surface area contributed by atoms with Crippen LogP contribution >= 0.6 is 0 Å². The van der Waals surface area contributed by atoms with Crippen LogP contribution in [0.5, 0.6) is 0 Å². The van der Waals surface area contributed by atoms with E-state index in [0.29, 0.717) is 25.7 Å². The van der Waals surface area contributed by atoms with Crippen molar-refractivity contribution in [3.8, 4) is 0 Å². The highest BCUT2D eigenvalue weighted by Crippen LogP contribution is 2.38. The zero-order valence-electron chi connectivity index (χ0n) is 12.5. The highest BCUT2D eigenvalue weighted by Gasteiger charge is 2.47. The van der Waals surface area contributed by atoms with Crippen LogP contribution in [0.1, 0.15) is 46.5 Å². The van der Waals surface area contributed by atoms with Crippen molar-refractivity contribution in [2.24, 2.45) is 5.41 Å². The summed E-state index contributed by atoms with van der Waals surface area (Å²) in [6.45, 7) is 9.17. The molecule has 5 heteroatoms. The third kappa shape index (κ3) is 3.92. The summed E-state index contributed by atoms with van der Waals surface area (Å²) < 4.78 is 5.11. The number of allylic oxidation sites excluding steroid dienone is 1. The molecule has 1 N–H and O–H groups in total. The lowest BCUT2D eigenvalue weighted by atomic mass is 9.78. The molecule has 1 aliphatic carbocycles. The lowest BCUT2D eigenvalue weighted by Gasteiger charge is -2.25. The van der Waals surface area contributed by atoms with Gasteiger partial charge in [0.25, 0.3) is 0 Å². The summed E-state index contributed by atoms with van der Waals surface area (Å²) in [5.41, 5.74) is -1.56. The molecule has 1 rings (SSSR count). The number of Topliss-reactive ketones (excluding diaryl/α,β-unsaturated/α-hetero) is 2. The quantitative estimate of drug-likeness (QED) is 0.620. The van der Waals surface area contributed by atoms with E-state index in [4.69, 9.17) is 4.74 Å². The molecule has 20 heavy (non-hydrogen) atoms. The molecule has 1 aliphatic rings. The van der Waals surface area contributed by atoms with Crippen molar-refractivity contribution < 1.29 is 19.1 Å². The Hall–Kier alpha value is -1.65. The minimum atomic E-state index is -0.989. The maximum atomic E-state index is 12.0. The van der Waals surface area contributed by atoms with Crippen LogP contribution in [0.2, 0.25) is 0 Å². The first-order valence-corrected chi connectivity index (χ1v) is 6.85. The van der Waals surface area contributed by atoms with Gasteiger partial charge in [-0.3, -0.25) is 9.59 Å². The van der Waals surface area contributed by atoms with Crippen LogP contribution in [-0.2, 0) is 14.3 Å². The third-order valence-electron chi connectivity index (χ3n) is 3.36. The zero-order valence-corrected chi connectivity index (χ0v) is 12.5. The topological polar surface area (TPSA) is 72.5 Å². The summed E-state index contributed by atoms with van der Waals surface area (Å²) in [5, 5.41) is 2.59. The van der Waals surface area contributed by atoms with Crippen molar-refractivity contribution in [1.82, 2.24) is 5.32 Å². The average Bonchev–Trinajstić information content (AvgIpc) is 2.56.